The number of nitrogens with zero attached hydrogens (tertiary/aromatic N) is 4. The Kier molecular flexibility index (Phi) is 6.86. The van der Waals surface area contributed by atoms with E-state index >= 15 is 0 Å². The zero-order valence-corrected chi connectivity index (χ0v) is 19.1. The minimum Gasteiger partial charge on any atom is -0.352 e. The van der Waals surface area contributed by atoms with E-state index in [4.69, 9.17) is 4.98 Å². The fourth-order valence-corrected chi connectivity index (χ4v) is 4.97. The van der Waals surface area contributed by atoms with Crippen molar-refractivity contribution in [3.05, 3.63) is 56.7 Å². The Morgan fingerprint density at radius 3 is 2.78 bits per heavy atom. The number of hydrogen-bond acceptors (Lipinski definition) is 6. The summed E-state index contributed by atoms with van der Waals surface area (Å²) >= 11 is 1.26. The first kappa shape index (κ1) is 22.0. The van der Waals surface area contributed by atoms with Crippen LogP contribution in [0.15, 0.2) is 34.4 Å². The van der Waals surface area contributed by atoms with Crippen LogP contribution in [0.1, 0.15) is 60.5 Å². The number of unbranched alkanes of at least 4 members (excludes halogenated alkanes) is 1. The fraction of sp³-hybridized carbons (Fsp3) is 0.417. The number of fused-ring (bicyclic) bond motifs is 1. The first-order valence-electron chi connectivity index (χ1n) is 11.2. The number of thiophene rings is 1. The molecule has 0 bridgehead atoms. The molecule has 0 saturated carbocycles. The highest BCUT2D eigenvalue weighted by molar-refractivity contribution is 7.17. The van der Waals surface area contributed by atoms with Gasteiger partial charge in [-0.1, -0.05) is 31.5 Å². The molecule has 0 unspecified atom stereocenters. The van der Waals surface area contributed by atoms with Crippen LogP contribution in [0.2, 0.25) is 0 Å². The van der Waals surface area contributed by atoms with Crippen LogP contribution >= 0.6 is 11.3 Å². The lowest BCUT2D eigenvalue weighted by molar-refractivity contribution is 0.0955. The van der Waals surface area contributed by atoms with Gasteiger partial charge >= 0.3 is 0 Å². The van der Waals surface area contributed by atoms with Crippen molar-refractivity contribution < 1.29 is 4.79 Å². The summed E-state index contributed by atoms with van der Waals surface area (Å²) in [6.07, 6.45) is 5.14. The number of piperidine rings is 1. The summed E-state index contributed by atoms with van der Waals surface area (Å²) in [7, 11) is 0. The summed E-state index contributed by atoms with van der Waals surface area (Å²) in [6.45, 7) is 4.59. The fourth-order valence-electron chi connectivity index (χ4n) is 4.04. The summed E-state index contributed by atoms with van der Waals surface area (Å²) in [5.74, 6) is 0.393. The van der Waals surface area contributed by atoms with Gasteiger partial charge in [0, 0.05) is 25.0 Å². The Labute approximate surface area is 191 Å². The van der Waals surface area contributed by atoms with Gasteiger partial charge in [0.25, 0.3) is 11.5 Å². The van der Waals surface area contributed by atoms with Crippen LogP contribution in [0.25, 0.3) is 10.2 Å². The third-order valence-corrected chi connectivity index (χ3v) is 6.78. The molecule has 0 atom stereocenters. The van der Waals surface area contributed by atoms with E-state index in [1.165, 1.54) is 11.3 Å². The number of aromatic nitrogens is 2. The number of hydrogen-bond donors (Lipinski definition) is 1. The lowest BCUT2D eigenvalue weighted by Crippen LogP contribution is -2.36. The molecule has 3 heterocycles. The van der Waals surface area contributed by atoms with Gasteiger partial charge in [-0.25, -0.2) is 4.98 Å². The van der Waals surface area contributed by atoms with Crippen molar-refractivity contribution >= 4 is 33.4 Å². The maximum atomic E-state index is 13.6. The molecule has 1 N–H and O–H groups in total. The van der Waals surface area contributed by atoms with Crippen molar-refractivity contribution in [2.45, 2.75) is 45.6 Å². The molecule has 0 radical (unpaired) electrons. The minimum absolute atomic E-state index is 0.166. The second-order valence-electron chi connectivity index (χ2n) is 8.06. The summed E-state index contributed by atoms with van der Waals surface area (Å²) in [4.78, 5) is 33.3. The smallest absolute Gasteiger partial charge is 0.273 e. The highest BCUT2D eigenvalue weighted by Gasteiger charge is 2.23. The van der Waals surface area contributed by atoms with Gasteiger partial charge in [-0.3, -0.25) is 14.2 Å². The molecular weight excluding hydrogens is 422 g/mol. The second-order valence-corrected chi connectivity index (χ2v) is 8.94. The predicted octanol–water partition coefficient (Wildman–Crippen LogP) is 3.90. The summed E-state index contributed by atoms with van der Waals surface area (Å²) < 4.78 is 2.14. The Morgan fingerprint density at radius 1 is 1.25 bits per heavy atom. The van der Waals surface area contributed by atoms with Gasteiger partial charge in [-0.2, -0.15) is 5.26 Å². The Balaban J connectivity index is 1.82. The molecule has 0 aliphatic carbocycles. The number of nitrogens with one attached hydrogen (secondary N) is 1. The molecule has 7 nitrogen and oxygen atoms in total. The molecular formula is C24H27N5O2S. The predicted molar refractivity (Wildman–Crippen MR) is 127 cm³/mol. The van der Waals surface area contributed by atoms with Crippen molar-refractivity contribution in [1.29, 1.82) is 5.26 Å². The van der Waals surface area contributed by atoms with Crippen LogP contribution in [-0.2, 0) is 6.54 Å². The van der Waals surface area contributed by atoms with E-state index in [0.717, 1.165) is 50.8 Å². The molecule has 0 spiro atoms. The SMILES string of the molecule is CCCCNC(=O)c1csc2c(=O)n(Cc3ccccc3C#N)c(N3CCCCC3)nc12. The average Bonchev–Trinajstić information content (AvgIpc) is 3.26. The summed E-state index contributed by atoms with van der Waals surface area (Å²) in [6, 6.07) is 9.54. The third-order valence-electron chi connectivity index (χ3n) is 5.82. The van der Waals surface area contributed by atoms with E-state index in [1.807, 2.05) is 18.2 Å². The monoisotopic (exact) mass is 449 g/mol. The van der Waals surface area contributed by atoms with Gasteiger partial charge in [-0.05, 0) is 37.3 Å². The molecule has 1 saturated heterocycles. The molecule has 1 fully saturated rings. The lowest BCUT2D eigenvalue weighted by atomic mass is 10.1. The first-order valence-corrected chi connectivity index (χ1v) is 12.0. The normalized spacial score (nSPS) is 13.8. The van der Waals surface area contributed by atoms with E-state index in [2.05, 4.69) is 23.2 Å². The number of amides is 1. The molecule has 2 aromatic heterocycles. The molecule has 3 aromatic rings. The van der Waals surface area contributed by atoms with Crippen molar-refractivity contribution in [1.82, 2.24) is 14.9 Å². The van der Waals surface area contributed by atoms with Crippen LogP contribution in [0.5, 0.6) is 0 Å². The molecule has 8 heteroatoms. The molecule has 166 valence electrons. The molecule has 1 amide bonds. The molecule has 32 heavy (non-hydrogen) atoms. The van der Waals surface area contributed by atoms with E-state index in [-0.39, 0.29) is 18.0 Å². The second kappa shape index (κ2) is 9.96. The molecule has 1 aromatic carbocycles. The maximum absolute atomic E-state index is 13.6. The van der Waals surface area contributed by atoms with Gasteiger partial charge in [0.2, 0.25) is 5.95 Å². The molecule has 1 aliphatic rings. The van der Waals surface area contributed by atoms with Crippen molar-refractivity contribution in [2.24, 2.45) is 0 Å². The zero-order chi connectivity index (χ0) is 22.5. The van der Waals surface area contributed by atoms with E-state index in [9.17, 15) is 14.9 Å². The van der Waals surface area contributed by atoms with Crippen LogP contribution in [0.3, 0.4) is 0 Å². The van der Waals surface area contributed by atoms with Crippen LogP contribution in [0, 0.1) is 11.3 Å². The quantitative estimate of drug-likeness (QED) is 0.553. The van der Waals surface area contributed by atoms with E-state index in [0.29, 0.717) is 33.8 Å². The zero-order valence-electron chi connectivity index (χ0n) is 18.3. The first-order chi connectivity index (χ1) is 15.6. The molecule has 4 rings (SSSR count). The van der Waals surface area contributed by atoms with Gasteiger partial charge in [-0.15, -0.1) is 11.3 Å². The van der Waals surface area contributed by atoms with Crippen molar-refractivity contribution in [3.8, 4) is 6.07 Å². The van der Waals surface area contributed by atoms with Gasteiger partial charge in [0.15, 0.2) is 0 Å². The number of benzene rings is 1. The van der Waals surface area contributed by atoms with Gasteiger partial charge in [0.1, 0.15) is 10.2 Å². The summed E-state index contributed by atoms with van der Waals surface area (Å²) in [5, 5.41) is 14.2. The van der Waals surface area contributed by atoms with Crippen LogP contribution < -0.4 is 15.8 Å². The Hall–Kier alpha value is -3.18. The highest BCUT2D eigenvalue weighted by Crippen LogP contribution is 2.26. The average molecular weight is 450 g/mol. The van der Waals surface area contributed by atoms with Crippen LogP contribution in [0.4, 0.5) is 5.95 Å². The number of rotatable bonds is 7. The number of carbonyl (C=O) groups excluding carboxylic acids is 1. The Morgan fingerprint density at radius 2 is 2.03 bits per heavy atom. The molecule has 1 aliphatic heterocycles. The van der Waals surface area contributed by atoms with Crippen molar-refractivity contribution in [2.75, 3.05) is 24.5 Å². The topological polar surface area (TPSA) is 91.0 Å². The largest absolute Gasteiger partial charge is 0.352 e. The highest BCUT2D eigenvalue weighted by atomic mass is 32.1. The lowest BCUT2D eigenvalue weighted by Gasteiger charge is -2.29. The number of nitriles is 1. The van der Waals surface area contributed by atoms with Crippen molar-refractivity contribution in [3.63, 3.8) is 0 Å². The Bertz CT molecular complexity index is 1220. The summed E-state index contributed by atoms with van der Waals surface area (Å²) in [5.41, 5.74) is 2.10. The van der Waals surface area contributed by atoms with E-state index in [1.54, 1.807) is 16.0 Å². The number of carbonyl (C=O) groups is 1. The van der Waals surface area contributed by atoms with E-state index < -0.39 is 0 Å². The van der Waals surface area contributed by atoms with Gasteiger partial charge in [0.05, 0.1) is 23.7 Å². The third kappa shape index (κ3) is 4.39. The standard InChI is InChI=1S/C24H27N5O2S/c1-2-3-11-26-22(30)19-16-32-21-20(19)27-24(28-12-7-4-8-13-28)29(23(21)31)15-18-10-6-5-9-17(18)14-25/h5-6,9-10,16H,2-4,7-8,11-13,15H2,1H3,(H,26,30). The van der Waals surface area contributed by atoms with Gasteiger partial charge < -0.3 is 10.2 Å². The number of anilines is 1. The van der Waals surface area contributed by atoms with Crippen LogP contribution in [-0.4, -0.2) is 35.1 Å². The maximum Gasteiger partial charge on any atom is 0.273 e. The minimum atomic E-state index is -0.186.